The van der Waals surface area contributed by atoms with E-state index in [0.29, 0.717) is 43.3 Å². The quantitative estimate of drug-likeness (QED) is 0.341. The van der Waals surface area contributed by atoms with Crippen molar-refractivity contribution in [2.45, 2.75) is 44.4 Å². The number of pyridine rings is 1. The average Bonchev–Trinajstić information content (AvgIpc) is 3.23. The molecule has 3 aromatic rings. The topological polar surface area (TPSA) is 96.3 Å². The first-order chi connectivity index (χ1) is 18.2. The van der Waals surface area contributed by atoms with Crippen LogP contribution in [0.5, 0.6) is 5.75 Å². The molecule has 1 aromatic carbocycles. The number of hydrogen-bond donors (Lipinski definition) is 3. The second-order valence-electron chi connectivity index (χ2n) is 10.6. The van der Waals surface area contributed by atoms with E-state index in [9.17, 15) is 18.0 Å². The number of carbonyl (C=O) groups excluding carboxylic acids is 1. The number of rotatable bonds is 3. The monoisotopic (exact) mass is 531 g/mol. The SMILES string of the molecule is Nc1cc(OC(F)(F)F)ccc1C(=O)N1CCC(c2c(F)cnc3[nH]c4c(c23)CC2CNCC[C@H]2C4)CC1. The van der Waals surface area contributed by atoms with Gasteiger partial charge in [-0.15, -0.1) is 13.2 Å². The van der Waals surface area contributed by atoms with Crippen LogP contribution in [0.2, 0.25) is 0 Å². The molecule has 1 aliphatic carbocycles. The van der Waals surface area contributed by atoms with Gasteiger partial charge in [-0.05, 0) is 80.6 Å². The van der Waals surface area contributed by atoms with Crippen molar-refractivity contribution in [3.05, 3.63) is 52.6 Å². The molecule has 11 heteroatoms. The molecule has 0 spiro atoms. The number of fused-ring (bicyclic) bond motifs is 4. The van der Waals surface area contributed by atoms with Crippen LogP contribution in [-0.4, -0.2) is 53.3 Å². The summed E-state index contributed by atoms with van der Waals surface area (Å²) in [7, 11) is 0. The Morgan fingerprint density at radius 2 is 1.92 bits per heavy atom. The Morgan fingerprint density at radius 1 is 1.13 bits per heavy atom. The fraction of sp³-hybridized carbons (Fsp3) is 0.481. The van der Waals surface area contributed by atoms with E-state index < -0.39 is 12.1 Å². The number of carbonyl (C=O) groups is 1. The van der Waals surface area contributed by atoms with Crippen LogP contribution in [0.25, 0.3) is 11.0 Å². The minimum absolute atomic E-state index is 0.0773. The molecule has 0 bridgehead atoms. The van der Waals surface area contributed by atoms with Crippen LogP contribution in [0.4, 0.5) is 23.2 Å². The van der Waals surface area contributed by atoms with Crippen molar-refractivity contribution in [3.8, 4) is 5.75 Å². The second kappa shape index (κ2) is 9.44. The zero-order valence-electron chi connectivity index (χ0n) is 20.7. The van der Waals surface area contributed by atoms with Gasteiger partial charge in [0, 0.05) is 41.5 Å². The van der Waals surface area contributed by atoms with Gasteiger partial charge < -0.3 is 25.7 Å². The molecule has 2 atom stereocenters. The minimum atomic E-state index is -4.85. The number of aromatic nitrogens is 2. The first-order valence-electron chi connectivity index (χ1n) is 13.0. The standard InChI is InChI=1S/C27H29F4N5O2/c28-20-13-34-25-24(19-9-16-12-33-6-3-15(16)10-22(19)35-25)23(20)14-4-7-36(8-5-14)26(37)18-2-1-17(11-21(18)32)38-27(29,30)31/h1-2,11,13-16,33H,3-10,12,32H2,(H,34,35)/t15-,16?/m0/s1. The van der Waals surface area contributed by atoms with E-state index >= 15 is 4.39 Å². The lowest BCUT2D eigenvalue weighted by Gasteiger charge is -2.36. The molecule has 2 fully saturated rings. The van der Waals surface area contributed by atoms with Crippen molar-refractivity contribution in [2.75, 3.05) is 31.9 Å². The summed E-state index contributed by atoms with van der Waals surface area (Å²) in [5.41, 5.74) is 9.67. The third-order valence-corrected chi connectivity index (χ3v) is 8.38. The maximum Gasteiger partial charge on any atom is 0.573 e. The second-order valence-corrected chi connectivity index (χ2v) is 10.6. The van der Waals surface area contributed by atoms with Crippen molar-refractivity contribution in [2.24, 2.45) is 11.8 Å². The van der Waals surface area contributed by atoms with Gasteiger partial charge in [-0.1, -0.05) is 0 Å². The number of amides is 1. The van der Waals surface area contributed by atoms with Gasteiger partial charge in [0.2, 0.25) is 0 Å². The highest BCUT2D eigenvalue weighted by atomic mass is 19.4. The molecule has 202 valence electrons. The lowest BCUT2D eigenvalue weighted by Crippen LogP contribution is -2.40. The number of aromatic amines is 1. The van der Waals surface area contributed by atoms with Gasteiger partial charge in [0.25, 0.3) is 5.91 Å². The number of benzene rings is 1. The summed E-state index contributed by atoms with van der Waals surface area (Å²) in [6, 6.07) is 3.32. The Bertz CT molecular complexity index is 1380. The van der Waals surface area contributed by atoms with Crippen molar-refractivity contribution in [1.82, 2.24) is 20.2 Å². The first-order valence-corrected chi connectivity index (χ1v) is 13.0. The van der Waals surface area contributed by atoms with E-state index in [4.69, 9.17) is 5.73 Å². The molecule has 6 rings (SSSR count). The third kappa shape index (κ3) is 4.57. The number of nitrogens with two attached hydrogens (primary N) is 1. The Labute approximate surface area is 216 Å². The molecule has 4 heterocycles. The smallest absolute Gasteiger partial charge is 0.406 e. The zero-order valence-corrected chi connectivity index (χ0v) is 20.7. The fourth-order valence-corrected chi connectivity index (χ4v) is 6.55. The van der Waals surface area contributed by atoms with Crippen LogP contribution >= 0.6 is 0 Å². The summed E-state index contributed by atoms with van der Waals surface area (Å²) >= 11 is 0. The molecule has 0 radical (unpaired) electrons. The number of hydrogen-bond acceptors (Lipinski definition) is 5. The fourth-order valence-electron chi connectivity index (χ4n) is 6.55. The van der Waals surface area contributed by atoms with Crippen molar-refractivity contribution in [1.29, 1.82) is 0 Å². The molecule has 1 amide bonds. The first kappa shape index (κ1) is 25.0. The van der Waals surface area contributed by atoms with Gasteiger partial charge in [-0.2, -0.15) is 0 Å². The molecule has 2 saturated heterocycles. The Morgan fingerprint density at radius 3 is 2.66 bits per heavy atom. The van der Waals surface area contributed by atoms with Gasteiger partial charge in [0.15, 0.2) is 0 Å². The highest BCUT2D eigenvalue weighted by Crippen LogP contribution is 2.42. The molecule has 38 heavy (non-hydrogen) atoms. The maximum atomic E-state index is 15.3. The Hall–Kier alpha value is -3.34. The zero-order chi connectivity index (χ0) is 26.6. The molecule has 2 aliphatic heterocycles. The van der Waals surface area contributed by atoms with Crippen molar-refractivity contribution < 1.29 is 27.1 Å². The summed E-state index contributed by atoms with van der Waals surface area (Å²) < 4.78 is 56.7. The minimum Gasteiger partial charge on any atom is -0.406 e. The van der Waals surface area contributed by atoms with Crippen LogP contribution in [0, 0.1) is 17.7 Å². The maximum absolute atomic E-state index is 15.3. The van der Waals surface area contributed by atoms with Crippen LogP contribution in [0.3, 0.4) is 0 Å². The average molecular weight is 532 g/mol. The van der Waals surface area contributed by atoms with Crippen LogP contribution in [0.1, 0.15) is 52.4 Å². The summed E-state index contributed by atoms with van der Waals surface area (Å²) in [6.07, 6.45) is 0.562. The molecule has 2 aromatic heterocycles. The van der Waals surface area contributed by atoms with Gasteiger partial charge in [-0.3, -0.25) is 4.79 Å². The number of likely N-dealkylation sites (tertiary alicyclic amines) is 1. The molecule has 4 N–H and O–H groups in total. The predicted molar refractivity (Wildman–Crippen MR) is 133 cm³/mol. The molecular weight excluding hydrogens is 502 g/mol. The lowest BCUT2D eigenvalue weighted by atomic mass is 9.74. The summed E-state index contributed by atoms with van der Waals surface area (Å²) in [6.45, 7) is 2.77. The van der Waals surface area contributed by atoms with Gasteiger partial charge in [-0.25, -0.2) is 9.37 Å². The number of alkyl halides is 3. The van der Waals surface area contributed by atoms with Crippen LogP contribution in [-0.2, 0) is 12.8 Å². The van der Waals surface area contributed by atoms with Crippen molar-refractivity contribution in [3.63, 3.8) is 0 Å². The van der Waals surface area contributed by atoms with E-state index in [1.807, 2.05) is 0 Å². The summed E-state index contributed by atoms with van der Waals surface area (Å²) in [4.78, 5) is 22.6. The van der Waals surface area contributed by atoms with Gasteiger partial charge in [0.05, 0.1) is 11.8 Å². The molecular formula is C27H29F4N5O2. The number of nitrogen functional groups attached to an aromatic ring is 1. The van der Waals surface area contributed by atoms with E-state index in [-0.39, 0.29) is 28.9 Å². The number of H-pyrrole nitrogens is 1. The summed E-state index contributed by atoms with van der Waals surface area (Å²) in [5, 5.41) is 4.39. The highest BCUT2D eigenvalue weighted by Gasteiger charge is 2.36. The van der Waals surface area contributed by atoms with Crippen molar-refractivity contribution >= 4 is 22.6 Å². The number of anilines is 1. The molecule has 0 saturated carbocycles. The largest absolute Gasteiger partial charge is 0.573 e. The highest BCUT2D eigenvalue weighted by molar-refractivity contribution is 5.99. The Kier molecular flexibility index (Phi) is 6.20. The van der Waals surface area contributed by atoms with E-state index in [1.165, 1.54) is 23.5 Å². The predicted octanol–water partition coefficient (Wildman–Crippen LogP) is 4.53. The summed E-state index contributed by atoms with van der Waals surface area (Å²) in [5.74, 6) is -0.0866. The van der Waals surface area contributed by atoms with Crippen LogP contribution < -0.4 is 15.8 Å². The normalized spacial score (nSPS) is 22.3. The van der Waals surface area contributed by atoms with E-state index in [2.05, 4.69) is 20.0 Å². The third-order valence-electron chi connectivity index (χ3n) is 8.38. The number of halogens is 4. The molecule has 7 nitrogen and oxygen atoms in total. The number of nitrogens with zero attached hydrogens (tertiary/aromatic N) is 2. The number of ether oxygens (including phenoxy) is 1. The van der Waals surface area contributed by atoms with E-state index in [1.54, 1.807) is 4.90 Å². The number of nitrogens with one attached hydrogen (secondary N) is 2. The van der Waals surface area contributed by atoms with Gasteiger partial charge >= 0.3 is 6.36 Å². The van der Waals surface area contributed by atoms with E-state index in [0.717, 1.165) is 55.5 Å². The number of piperidine rings is 2. The lowest BCUT2D eigenvalue weighted by molar-refractivity contribution is -0.274. The Balaban J connectivity index is 1.21. The van der Waals surface area contributed by atoms with Crippen LogP contribution in [0.15, 0.2) is 24.4 Å². The molecule has 3 aliphatic rings. The van der Waals surface area contributed by atoms with Gasteiger partial charge in [0.1, 0.15) is 17.2 Å². The molecule has 1 unspecified atom stereocenters.